The first-order valence-electron chi connectivity index (χ1n) is 9.05. The minimum absolute atomic E-state index is 0.0559. The molecule has 1 N–H and O–H groups in total. The van der Waals surface area contributed by atoms with E-state index in [0.29, 0.717) is 18.3 Å². The maximum atomic E-state index is 12.9. The van der Waals surface area contributed by atoms with Gasteiger partial charge in [-0.05, 0) is 45.4 Å². The zero-order valence-electron chi connectivity index (χ0n) is 15.6. The second kappa shape index (κ2) is 7.30. The predicted molar refractivity (Wildman–Crippen MR) is 91.5 cm³/mol. The van der Waals surface area contributed by atoms with Gasteiger partial charge >= 0.3 is 6.09 Å². The van der Waals surface area contributed by atoms with Crippen LogP contribution in [-0.2, 0) is 9.53 Å². The lowest BCUT2D eigenvalue weighted by molar-refractivity contribution is -0.137. The number of rotatable bonds is 2. The highest BCUT2D eigenvalue weighted by molar-refractivity contribution is 5.86. The SMILES string of the molecule is CC(C)C1CCN(C(=O)[C@@H]2C[C@H](O)CN2C(=O)OC(C)(C)C)CC1. The summed E-state index contributed by atoms with van der Waals surface area (Å²) in [4.78, 5) is 28.5. The first-order valence-corrected chi connectivity index (χ1v) is 9.05. The molecule has 0 aromatic heterocycles. The van der Waals surface area contributed by atoms with Gasteiger partial charge in [0.2, 0.25) is 5.91 Å². The van der Waals surface area contributed by atoms with Gasteiger partial charge in [0, 0.05) is 19.5 Å². The van der Waals surface area contributed by atoms with E-state index in [9.17, 15) is 14.7 Å². The third-order valence-electron chi connectivity index (χ3n) is 4.99. The molecule has 2 rings (SSSR count). The number of piperidine rings is 1. The molecule has 138 valence electrons. The van der Waals surface area contributed by atoms with E-state index < -0.39 is 23.8 Å². The van der Waals surface area contributed by atoms with Gasteiger partial charge < -0.3 is 14.7 Å². The topological polar surface area (TPSA) is 70.1 Å². The number of aliphatic hydroxyl groups excluding tert-OH is 1. The Kier molecular flexibility index (Phi) is 5.78. The van der Waals surface area contributed by atoms with Crippen LogP contribution in [0.5, 0.6) is 0 Å². The maximum absolute atomic E-state index is 12.9. The number of amides is 2. The minimum Gasteiger partial charge on any atom is -0.444 e. The highest BCUT2D eigenvalue weighted by Crippen LogP contribution is 2.28. The highest BCUT2D eigenvalue weighted by Gasteiger charge is 2.43. The molecule has 0 unspecified atom stereocenters. The van der Waals surface area contributed by atoms with Crippen molar-refractivity contribution in [2.45, 2.75) is 71.6 Å². The van der Waals surface area contributed by atoms with Crippen molar-refractivity contribution >= 4 is 12.0 Å². The number of hydrogen-bond acceptors (Lipinski definition) is 4. The fraction of sp³-hybridized carbons (Fsp3) is 0.889. The van der Waals surface area contributed by atoms with Gasteiger partial charge in [0.05, 0.1) is 12.6 Å². The summed E-state index contributed by atoms with van der Waals surface area (Å²) < 4.78 is 5.39. The summed E-state index contributed by atoms with van der Waals surface area (Å²) in [6.07, 6.45) is 1.12. The first-order chi connectivity index (χ1) is 11.1. The van der Waals surface area contributed by atoms with Gasteiger partial charge in [-0.3, -0.25) is 9.69 Å². The van der Waals surface area contributed by atoms with Crippen LogP contribution < -0.4 is 0 Å². The summed E-state index contributed by atoms with van der Waals surface area (Å²) in [6.45, 7) is 11.5. The van der Waals surface area contributed by atoms with E-state index in [-0.39, 0.29) is 12.5 Å². The Morgan fingerprint density at radius 3 is 2.25 bits per heavy atom. The molecule has 0 spiro atoms. The molecule has 2 atom stereocenters. The molecule has 6 heteroatoms. The average molecular weight is 340 g/mol. The second-order valence-electron chi connectivity index (χ2n) is 8.44. The first kappa shape index (κ1) is 19.0. The van der Waals surface area contributed by atoms with Crippen LogP contribution in [0, 0.1) is 11.8 Å². The molecule has 0 radical (unpaired) electrons. The van der Waals surface area contributed by atoms with Crippen LogP contribution in [0.15, 0.2) is 0 Å². The molecule has 2 saturated heterocycles. The summed E-state index contributed by atoms with van der Waals surface area (Å²) in [5, 5.41) is 9.96. The quantitative estimate of drug-likeness (QED) is 0.837. The smallest absolute Gasteiger partial charge is 0.411 e. The molecule has 0 aromatic carbocycles. The van der Waals surface area contributed by atoms with Gasteiger partial charge in [-0.25, -0.2) is 4.79 Å². The standard InChI is InChI=1S/C18H32N2O4/c1-12(2)13-6-8-19(9-7-13)16(22)15-10-14(21)11-20(15)17(23)24-18(3,4)5/h12-15,21H,6-11H2,1-5H3/t14-,15-/m0/s1. The number of aliphatic hydroxyl groups is 1. The molecule has 2 fully saturated rings. The van der Waals surface area contributed by atoms with E-state index in [4.69, 9.17) is 4.74 Å². The molecule has 0 saturated carbocycles. The maximum Gasteiger partial charge on any atom is 0.411 e. The zero-order chi connectivity index (χ0) is 18.1. The van der Waals surface area contributed by atoms with Crippen LogP contribution in [0.4, 0.5) is 4.79 Å². The van der Waals surface area contributed by atoms with Crippen molar-refractivity contribution in [2.75, 3.05) is 19.6 Å². The van der Waals surface area contributed by atoms with Crippen LogP contribution in [0.25, 0.3) is 0 Å². The van der Waals surface area contributed by atoms with Crippen LogP contribution in [0.3, 0.4) is 0 Å². The number of carbonyl (C=O) groups is 2. The normalized spacial score (nSPS) is 26.1. The Bertz CT molecular complexity index is 464. The van der Waals surface area contributed by atoms with Gasteiger partial charge in [0.1, 0.15) is 11.6 Å². The second-order valence-corrected chi connectivity index (χ2v) is 8.44. The van der Waals surface area contributed by atoms with E-state index in [1.807, 2.05) is 4.90 Å². The fourth-order valence-corrected chi connectivity index (χ4v) is 3.57. The average Bonchev–Trinajstić information content (AvgIpc) is 2.87. The number of likely N-dealkylation sites (tertiary alicyclic amines) is 2. The summed E-state index contributed by atoms with van der Waals surface area (Å²) in [5.74, 6) is 1.23. The summed E-state index contributed by atoms with van der Waals surface area (Å²) in [6, 6.07) is -0.606. The lowest BCUT2D eigenvalue weighted by Gasteiger charge is -2.36. The number of carbonyl (C=O) groups excluding carboxylic acids is 2. The Morgan fingerprint density at radius 2 is 1.75 bits per heavy atom. The molecule has 2 aliphatic rings. The number of nitrogens with zero attached hydrogens (tertiary/aromatic N) is 2. The van der Waals surface area contributed by atoms with Crippen molar-refractivity contribution in [2.24, 2.45) is 11.8 Å². The van der Waals surface area contributed by atoms with E-state index in [0.717, 1.165) is 25.9 Å². The van der Waals surface area contributed by atoms with Crippen LogP contribution in [0.1, 0.15) is 53.9 Å². The Hall–Kier alpha value is -1.30. The summed E-state index contributed by atoms with van der Waals surface area (Å²) in [5.41, 5.74) is -0.617. The highest BCUT2D eigenvalue weighted by atomic mass is 16.6. The lowest BCUT2D eigenvalue weighted by Crippen LogP contribution is -2.51. The van der Waals surface area contributed by atoms with Gasteiger partial charge in [-0.1, -0.05) is 13.8 Å². The molecule has 2 aliphatic heterocycles. The van der Waals surface area contributed by atoms with Crippen molar-refractivity contribution < 1.29 is 19.4 Å². The predicted octanol–water partition coefficient (Wildman–Crippen LogP) is 2.25. The van der Waals surface area contributed by atoms with Crippen molar-refractivity contribution in [1.82, 2.24) is 9.80 Å². The molecule has 2 amide bonds. The molecule has 0 aromatic rings. The minimum atomic E-state index is -0.667. The molecule has 6 nitrogen and oxygen atoms in total. The van der Waals surface area contributed by atoms with Crippen LogP contribution in [-0.4, -0.2) is 64.3 Å². The summed E-state index contributed by atoms with van der Waals surface area (Å²) in [7, 11) is 0. The third-order valence-corrected chi connectivity index (χ3v) is 4.99. The molecule has 0 aliphatic carbocycles. The molecule has 2 heterocycles. The number of ether oxygens (including phenoxy) is 1. The Balaban J connectivity index is 2.00. The Morgan fingerprint density at radius 1 is 1.17 bits per heavy atom. The third kappa shape index (κ3) is 4.62. The molecular weight excluding hydrogens is 308 g/mol. The molecule has 0 bridgehead atoms. The van der Waals surface area contributed by atoms with E-state index in [1.54, 1.807) is 20.8 Å². The van der Waals surface area contributed by atoms with Gasteiger partial charge in [0.15, 0.2) is 0 Å². The van der Waals surface area contributed by atoms with Gasteiger partial charge in [-0.2, -0.15) is 0 Å². The van der Waals surface area contributed by atoms with Gasteiger partial charge in [-0.15, -0.1) is 0 Å². The number of hydrogen-bond donors (Lipinski definition) is 1. The van der Waals surface area contributed by atoms with Crippen molar-refractivity contribution in [3.8, 4) is 0 Å². The van der Waals surface area contributed by atoms with Crippen LogP contribution in [0.2, 0.25) is 0 Å². The van der Waals surface area contributed by atoms with Crippen molar-refractivity contribution in [3.63, 3.8) is 0 Å². The van der Waals surface area contributed by atoms with Gasteiger partial charge in [0.25, 0.3) is 0 Å². The van der Waals surface area contributed by atoms with Crippen molar-refractivity contribution in [1.29, 1.82) is 0 Å². The Labute approximate surface area is 145 Å². The lowest BCUT2D eigenvalue weighted by atomic mass is 9.86. The van der Waals surface area contributed by atoms with Crippen molar-refractivity contribution in [3.05, 3.63) is 0 Å². The van der Waals surface area contributed by atoms with E-state index in [2.05, 4.69) is 13.8 Å². The van der Waals surface area contributed by atoms with E-state index >= 15 is 0 Å². The molecular formula is C18H32N2O4. The monoisotopic (exact) mass is 340 g/mol. The largest absolute Gasteiger partial charge is 0.444 e. The van der Waals surface area contributed by atoms with E-state index in [1.165, 1.54) is 4.90 Å². The number of β-amino-alcohol motifs (C(OH)–C–C–N with tert-alkyl or cyclic N) is 1. The zero-order valence-corrected chi connectivity index (χ0v) is 15.6. The van der Waals surface area contributed by atoms with Crippen LogP contribution >= 0.6 is 0 Å². The fourth-order valence-electron chi connectivity index (χ4n) is 3.57. The molecule has 24 heavy (non-hydrogen) atoms. The summed E-state index contributed by atoms with van der Waals surface area (Å²) >= 11 is 0.